The summed E-state index contributed by atoms with van der Waals surface area (Å²) in [4.78, 5) is 2.39. The van der Waals surface area contributed by atoms with Crippen LogP contribution in [0.2, 0.25) is 0 Å². The molecule has 1 aliphatic carbocycles. The minimum atomic E-state index is -2.82. The molecule has 1 saturated carbocycles. The molecule has 4 nitrogen and oxygen atoms in total. The van der Waals surface area contributed by atoms with Crippen LogP contribution in [0.5, 0.6) is 0 Å². The van der Waals surface area contributed by atoms with Crippen molar-refractivity contribution in [1.82, 2.24) is 10.2 Å². The molecule has 1 saturated heterocycles. The lowest BCUT2D eigenvalue weighted by atomic mass is 10.2. The molecule has 0 aromatic rings. The third-order valence-electron chi connectivity index (χ3n) is 3.81. The number of sulfone groups is 1. The molecule has 0 bridgehead atoms. The summed E-state index contributed by atoms with van der Waals surface area (Å²) < 4.78 is 23.1. The van der Waals surface area contributed by atoms with Crippen molar-refractivity contribution >= 4 is 9.84 Å². The van der Waals surface area contributed by atoms with Gasteiger partial charge in [0.15, 0.2) is 9.84 Å². The maximum Gasteiger partial charge on any atom is 0.151 e. The molecule has 1 heterocycles. The topological polar surface area (TPSA) is 49.4 Å². The molecule has 2 aliphatic rings. The molecular formula is C12H24N2O2S. The van der Waals surface area contributed by atoms with Crippen LogP contribution in [0.4, 0.5) is 0 Å². The summed E-state index contributed by atoms with van der Waals surface area (Å²) >= 11 is 0. The summed E-state index contributed by atoms with van der Waals surface area (Å²) in [6.07, 6.45) is 5.00. The van der Waals surface area contributed by atoms with Crippen LogP contribution in [0, 0.1) is 0 Å². The van der Waals surface area contributed by atoms with Crippen molar-refractivity contribution in [3.8, 4) is 0 Å². The average Bonchev–Trinajstić information content (AvgIpc) is 3.03. The Morgan fingerprint density at radius 2 is 2.06 bits per heavy atom. The molecule has 2 rings (SSSR count). The van der Waals surface area contributed by atoms with E-state index in [1.54, 1.807) is 6.92 Å². The number of nitrogens with one attached hydrogen (secondary N) is 1. The van der Waals surface area contributed by atoms with Crippen LogP contribution in [-0.2, 0) is 9.84 Å². The summed E-state index contributed by atoms with van der Waals surface area (Å²) in [5, 5.41) is 3.49. The lowest BCUT2D eigenvalue weighted by Gasteiger charge is -2.25. The molecule has 1 unspecified atom stereocenters. The first-order chi connectivity index (χ1) is 8.11. The fourth-order valence-corrected chi connectivity index (χ4v) is 3.26. The number of hydrogen-bond acceptors (Lipinski definition) is 4. The van der Waals surface area contributed by atoms with Gasteiger partial charge in [0, 0.05) is 30.9 Å². The van der Waals surface area contributed by atoms with E-state index in [0.29, 0.717) is 17.8 Å². The molecule has 17 heavy (non-hydrogen) atoms. The monoisotopic (exact) mass is 260 g/mol. The van der Waals surface area contributed by atoms with E-state index >= 15 is 0 Å². The highest BCUT2D eigenvalue weighted by Gasteiger charge is 2.31. The number of nitrogens with zero attached hydrogens (tertiary/aromatic N) is 1. The predicted molar refractivity (Wildman–Crippen MR) is 69.9 cm³/mol. The Kier molecular flexibility index (Phi) is 4.44. The van der Waals surface area contributed by atoms with Gasteiger partial charge in [-0.25, -0.2) is 8.42 Å². The summed E-state index contributed by atoms with van der Waals surface area (Å²) in [6.45, 7) is 4.61. The Labute approximate surface area is 105 Å². The van der Waals surface area contributed by atoms with E-state index in [9.17, 15) is 8.42 Å². The molecule has 0 spiro atoms. The van der Waals surface area contributed by atoms with Crippen molar-refractivity contribution in [2.45, 2.75) is 44.7 Å². The summed E-state index contributed by atoms with van der Waals surface area (Å²) in [7, 11) is -2.82. The molecule has 0 radical (unpaired) electrons. The zero-order chi connectivity index (χ0) is 12.3. The van der Waals surface area contributed by atoms with Crippen LogP contribution in [-0.4, -0.2) is 56.5 Å². The van der Waals surface area contributed by atoms with Crippen molar-refractivity contribution < 1.29 is 8.42 Å². The second kappa shape index (κ2) is 5.67. The van der Waals surface area contributed by atoms with Crippen LogP contribution >= 0.6 is 0 Å². The lowest BCUT2D eigenvalue weighted by molar-refractivity contribution is 0.252. The fraction of sp³-hybridized carbons (Fsp3) is 1.00. The minimum Gasteiger partial charge on any atom is -0.313 e. The van der Waals surface area contributed by atoms with Crippen LogP contribution in [0.3, 0.4) is 0 Å². The zero-order valence-corrected chi connectivity index (χ0v) is 11.5. The highest BCUT2D eigenvalue weighted by Crippen LogP contribution is 2.27. The van der Waals surface area contributed by atoms with Gasteiger partial charge in [-0.05, 0) is 32.2 Å². The van der Waals surface area contributed by atoms with Gasteiger partial charge in [0.25, 0.3) is 0 Å². The quantitative estimate of drug-likeness (QED) is 0.730. The number of hydrogen-bond donors (Lipinski definition) is 1. The minimum absolute atomic E-state index is 0.271. The van der Waals surface area contributed by atoms with Crippen LogP contribution in [0.1, 0.15) is 32.6 Å². The first kappa shape index (κ1) is 13.3. The maximum absolute atomic E-state index is 11.5. The van der Waals surface area contributed by atoms with Gasteiger partial charge in [-0.1, -0.05) is 6.92 Å². The van der Waals surface area contributed by atoms with Crippen molar-refractivity contribution in [1.29, 1.82) is 0 Å². The predicted octanol–water partition coefficient (Wildman–Crippen LogP) is 0.638. The first-order valence-corrected chi connectivity index (χ1v) is 8.61. The van der Waals surface area contributed by atoms with Gasteiger partial charge in [0.1, 0.15) is 0 Å². The van der Waals surface area contributed by atoms with E-state index in [1.807, 2.05) is 0 Å². The highest BCUT2D eigenvalue weighted by molar-refractivity contribution is 7.91. The van der Waals surface area contributed by atoms with E-state index in [1.165, 1.54) is 25.7 Å². The van der Waals surface area contributed by atoms with Crippen LogP contribution in [0.25, 0.3) is 0 Å². The molecule has 1 N–H and O–H groups in total. The standard InChI is InChI=1S/C12H24N2O2S/c1-2-17(15,16)9-8-14(12-5-6-12)10-11-4-3-7-13-11/h11-13H,2-10H2,1H3. The molecule has 2 fully saturated rings. The average molecular weight is 260 g/mol. The van der Waals surface area contributed by atoms with E-state index in [4.69, 9.17) is 0 Å². The normalized spacial score (nSPS) is 25.6. The fourth-order valence-electron chi connectivity index (χ4n) is 2.46. The first-order valence-electron chi connectivity index (χ1n) is 6.78. The highest BCUT2D eigenvalue weighted by atomic mass is 32.2. The Morgan fingerprint density at radius 1 is 1.29 bits per heavy atom. The van der Waals surface area contributed by atoms with Crippen LogP contribution < -0.4 is 5.32 Å². The Hall–Kier alpha value is -0.130. The largest absolute Gasteiger partial charge is 0.313 e. The van der Waals surface area contributed by atoms with Crippen molar-refractivity contribution in [2.75, 3.05) is 31.1 Å². The van der Waals surface area contributed by atoms with Gasteiger partial charge >= 0.3 is 0 Å². The van der Waals surface area contributed by atoms with Gasteiger partial charge in [0.2, 0.25) is 0 Å². The van der Waals surface area contributed by atoms with E-state index in [2.05, 4.69) is 10.2 Å². The van der Waals surface area contributed by atoms with Gasteiger partial charge in [-0.15, -0.1) is 0 Å². The second-order valence-corrected chi connectivity index (χ2v) is 7.73. The molecule has 1 aliphatic heterocycles. The molecule has 0 aromatic carbocycles. The SMILES string of the molecule is CCS(=O)(=O)CCN(CC1CCCN1)C1CC1. The summed E-state index contributed by atoms with van der Waals surface area (Å²) in [6, 6.07) is 1.24. The third-order valence-corrected chi connectivity index (χ3v) is 5.49. The lowest BCUT2D eigenvalue weighted by Crippen LogP contribution is -2.41. The summed E-state index contributed by atoms with van der Waals surface area (Å²) in [5.74, 6) is 0.597. The number of rotatable bonds is 7. The molecular weight excluding hydrogens is 236 g/mol. The van der Waals surface area contributed by atoms with Gasteiger partial charge in [-0.3, -0.25) is 4.90 Å². The van der Waals surface area contributed by atoms with E-state index in [0.717, 1.165) is 19.6 Å². The smallest absolute Gasteiger partial charge is 0.151 e. The zero-order valence-electron chi connectivity index (χ0n) is 10.7. The van der Waals surface area contributed by atoms with Gasteiger partial charge in [0.05, 0.1) is 5.75 Å². The molecule has 0 amide bonds. The van der Waals surface area contributed by atoms with E-state index < -0.39 is 9.84 Å². The molecule has 1 atom stereocenters. The Balaban J connectivity index is 1.80. The maximum atomic E-state index is 11.5. The second-order valence-electron chi connectivity index (χ2n) is 5.26. The third kappa shape index (κ3) is 4.23. The van der Waals surface area contributed by atoms with Crippen molar-refractivity contribution in [3.63, 3.8) is 0 Å². The Bertz CT molecular complexity index is 332. The van der Waals surface area contributed by atoms with Gasteiger partial charge < -0.3 is 5.32 Å². The molecule has 5 heteroatoms. The molecule has 100 valence electrons. The Morgan fingerprint density at radius 3 is 2.59 bits per heavy atom. The van der Waals surface area contributed by atoms with E-state index in [-0.39, 0.29) is 5.75 Å². The van der Waals surface area contributed by atoms with Crippen LogP contribution in [0.15, 0.2) is 0 Å². The summed E-state index contributed by atoms with van der Waals surface area (Å²) in [5.41, 5.74) is 0. The molecule has 0 aromatic heterocycles. The van der Waals surface area contributed by atoms with Crippen molar-refractivity contribution in [2.24, 2.45) is 0 Å². The van der Waals surface area contributed by atoms with Crippen molar-refractivity contribution in [3.05, 3.63) is 0 Å². The van der Waals surface area contributed by atoms with Gasteiger partial charge in [-0.2, -0.15) is 0 Å².